The van der Waals surface area contributed by atoms with Crippen molar-refractivity contribution in [3.63, 3.8) is 0 Å². The molecule has 0 saturated carbocycles. The zero-order chi connectivity index (χ0) is 34.7. The number of hydrogen-bond acceptors (Lipinski definition) is 13. The molecule has 3 heterocycles. The largest absolute Gasteiger partial charge is 0.510 e. The maximum absolute atomic E-state index is 14.2. The lowest BCUT2D eigenvalue weighted by molar-refractivity contribution is -0.119. The Morgan fingerprint density at radius 2 is 1.75 bits per heavy atom. The second kappa shape index (κ2) is 16.6. The summed E-state index contributed by atoms with van der Waals surface area (Å²) >= 11 is 0. The van der Waals surface area contributed by atoms with Gasteiger partial charge in [-0.2, -0.15) is 0 Å². The highest BCUT2D eigenvalue weighted by atomic mass is 16.7. The van der Waals surface area contributed by atoms with Crippen LogP contribution in [0.1, 0.15) is 42.5 Å². The Bertz CT molecular complexity index is 1580. The fourth-order valence-electron chi connectivity index (χ4n) is 5.01. The molecule has 3 aromatic rings. The standard InChI is InChI=1S/C32H38N4O12/c1-5-43-11-13-45-30(40)36(29(39)35(20-37)21-47-31(41)46-14-12-44-6-2)32(3,27-15-23-17-33-10-9-26(23)48-27)19-34-18-22-7-8-24(42-4)16-25(22)28(34)38/h7-10,15-17,20H,5-6,11-14,18-19,21H2,1-4H3. The molecule has 0 radical (unpaired) electrons. The molecule has 1 atom stereocenters. The van der Waals surface area contributed by atoms with Gasteiger partial charge in [-0.15, -0.1) is 0 Å². The van der Waals surface area contributed by atoms with Crippen LogP contribution in [-0.4, -0.2) is 110 Å². The first kappa shape index (κ1) is 35.6. The molecule has 2 aromatic heterocycles. The molecule has 0 spiro atoms. The average molecular weight is 671 g/mol. The van der Waals surface area contributed by atoms with Crippen LogP contribution in [0.15, 0.2) is 47.1 Å². The number of carbonyl (C=O) groups is 5. The molecule has 4 rings (SSSR count). The first-order chi connectivity index (χ1) is 23.2. The number of aromatic nitrogens is 1. The third kappa shape index (κ3) is 8.19. The first-order valence-electron chi connectivity index (χ1n) is 15.1. The molecule has 1 aliphatic rings. The third-order valence-corrected chi connectivity index (χ3v) is 7.41. The number of benzene rings is 1. The average Bonchev–Trinajstić information content (AvgIpc) is 3.66. The highest BCUT2D eigenvalue weighted by molar-refractivity contribution is 5.99. The molecule has 0 aliphatic carbocycles. The molecule has 48 heavy (non-hydrogen) atoms. The van der Waals surface area contributed by atoms with Gasteiger partial charge in [-0.05, 0) is 50.6 Å². The van der Waals surface area contributed by atoms with Gasteiger partial charge in [0.25, 0.3) is 5.91 Å². The summed E-state index contributed by atoms with van der Waals surface area (Å²) < 4.78 is 37.1. The summed E-state index contributed by atoms with van der Waals surface area (Å²) in [6.07, 6.45) is 0.760. The minimum absolute atomic E-state index is 0.0210. The van der Waals surface area contributed by atoms with Gasteiger partial charge in [0, 0.05) is 43.1 Å². The highest BCUT2D eigenvalue weighted by Gasteiger charge is 2.49. The van der Waals surface area contributed by atoms with Gasteiger partial charge in [-0.1, -0.05) is 6.07 Å². The molecule has 16 heteroatoms. The van der Waals surface area contributed by atoms with Crippen LogP contribution in [0.4, 0.5) is 14.4 Å². The zero-order valence-corrected chi connectivity index (χ0v) is 27.2. The van der Waals surface area contributed by atoms with Crippen molar-refractivity contribution in [2.24, 2.45) is 0 Å². The molecular weight excluding hydrogens is 632 g/mol. The number of fused-ring (bicyclic) bond motifs is 2. The van der Waals surface area contributed by atoms with Crippen molar-refractivity contribution in [3.8, 4) is 5.75 Å². The van der Waals surface area contributed by atoms with Gasteiger partial charge in [-0.3, -0.25) is 14.6 Å². The summed E-state index contributed by atoms with van der Waals surface area (Å²) in [6.45, 7) is 4.46. The third-order valence-electron chi connectivity index (χ3n) is 7.41. The van der Waals surface area contributed by atoms with Crippen LogP contribution < -0.4 is 4.74 Å². The van der Waals surface area contributed by atoms with Gasteiger partial charge in [0.2, 0.25) is 6.41 Å². The Kier molecular flexibility index (Phi) is 12.3. The topological polar surface area (TPSA) is 176 Å². The van der Waals surface area contributed by atoms with E-state index < -0.39 is 36.5 Å². The molecule has 1 aliphatic heterocycles. The maximum atomic E-state index is 14.2. The number of methoxy groups -OCH3 is 1. The predicted octanol–water partition coefficient (Wildman–Crippen LogP) is 3.91. The number of furan rings is 1. The van der Waals surface area contributed by atoms with E-state index in [0.717, 1.165) is 0 Å². The summed E-state index contributed by atoms with van der Waals surface area (Å²) in [5.41, 5.74) is -0.345. The summed E-state index contributed by atoms with van der Waals surface area (Å²) in [7, 11) is 1.48. The van der Waals surface area contributed by atoms with Crippen molar-refractivity contribution >= 4 is 41.6 Å². The van der Waals surface area contributed by atoms with Gasteiger partial charge < -0.3 is 37.7 Å². The van der Waals surface area contributed by atoms with E-state index in [0.29, 0.717) is 50.9 Å². The van der Waals surface area contributed by atoms with Crippen LogP contribution >= 0.6 is 0 Å². The van der Waals surface area contributed by atoms with Crippen molar-refractivity contribution in [1.82, 2.24) is 19.7 Å². The maximum Gasteiger partial charge on any atom is 0.510 e. The Morgan fingerprint density at radius 1 is 1.02 bits per heavy atom. The predicted molar refractivity (Wildman–Crippen MR) is 166 cm³/mol. The van der Waals surface area contributed by atoms with Crippen molar-refractivity contribution in [1.29, 1.82) is 0 Å². The number of ether oxygens (including phenoxy) is 6. The Labute approximate surface area is 276 Å². The molecule has 16 nitrogen and oxygen atoms in total. The number of amides is 5. The minimum Gasteiger partial charge on any atom is -0.497 e. The van der Waals surface area contributed by atoms with E-state index in [-0.39, 0.29) is 51.7 Å². The van der Waals surface area contributed by atoms with Crippen molar-refractivity contribution in [3.05, 3.63) is 59.6 Å². The van der Waals surface area contributed by atoms with Crippen LogP contribution in [0, 0.1) is 0 Å². The number of pyridine rings is 1. The number of urea groups is 1. The van der Waals surface area contributed by atoms with Crippen LogP contribution in [0.5, 0.6) is 5.75 Å². The summed E-state index contributed by atoms with van der Waals surface area (Å²) in [5, 5.41) is 0.544. The molecule has 5 amide bonds. The first-order valence-corrected chi connectivity index (χ1v) is 15.1. The Morgan fingerprint density at radius 3 is 2.42 bits per heavy atom. The lowest BCUT2D eigenvalue weighted by Gasteiger charge is -2.40. The Balaban J connectivity index is 1.72. The van der Waals surface area contributed by atoms with E-state index in [2.05, 4.69) is 4.98 Å². The molecule has 0 bridgehead atoms. The second-order valence-corrected chi connectivity index (χ2v) is 10.6. The van der Waals surface area contributed by atoms with E-state index in [1.54, 1.807) is 44.2 Å². The highest BCUT2D eigenvalue weighted by Crippen LogP contribution is 2.37. The fraction of sp³-hybridized carbons (Fsp3) is 0.438. The molecular formula is C32H38N4O12. The minimum atomic E-state index is -1.81. The van der Waals surface area contributed by atoms with E-state index in [9.17, 15) is 24.0 Å². The quantitative estimate of drug-likeness (QED) is 0.0929. The number of imide groups is 2. The molecule has 0 fully saturated rings. The molecule has 258 valence electrons. The van der Waals surface area contributed by atoms with E-state index in [1.807, 2.05) is 0 Å². The van der Waals surface area contributed by atoms with Gasteiger partial charge in [-0.25, -0.2) is 24.2 Å². The summed E-state index contributed by atoms with van der Waals surface area (Å²) in [6, 6.07) is 7.00. The lowest BCUT2D eigenvalue weighted by atomic mass is 9.95. The van der Waals surface area contributed by atoms with Crippen molar-refractivity contribution in [2.45, 2.75) is 32.9 Å². The van der Waals surface area contributed by atoms with Gasteiger partial charge in [0.15, 0.2) is 6.73 Å². The molecule has 0 saturated heterocycles. The second-order valence-electron chi connectivity index (χ2n) is 10.6. The number of carbonyl (C=O) groups excluding carboxylic acids is 5. The summed E-state index contributed by atoms with van der Waals surface area (Å²) in [4.78, 5) is 72.8. The fourth-order valence-corrected chi connectivity index (χ4v) is 5.01. The SMILES string of the molecule is CCOCCOC(=O)OCN(C=O)C(=O)N(C(=O)OCCOCC)C(C)(CN1Cc2ccc(OC)cc2C1=O)c1cc2cnccc2o1. The van der Waals surface area contributed by atoms with Gasteiger partial charge in [0.05, 0.1) is 26.9 Å². The van der Waals surface area contributed by atoms with Crippen LogP contribution in [0.3, 0.4) is 0 Å². The zero-order valence-electron chi connectivity index (χ0n) is 27.2. The molecule has 1 unspecified atom stereocenters. The van der Waals surface area contributed by atoms with E-state index in [4.69, 9.17) is 32.8 Å². The van der Waals surface area contributed by atoms with Crippen LogP contribution in [0.25, 0.3) is 11.0 Å². The van der Waals surface area contributed by atoms with Crippen LogP contribution in [-0.2, 0) is 40.6 Å². The number of hydrogen-bond donors (Lipinski definition) is 0. The van der Waals surface area contributed by atoms with Crippen molar-refractivity contribution < 1.29 is 56.8 Å². The smallest absolute Gasteiger partial charge is 0.497 e. The number of nitrogens with zero attached hydrogens (tertiary/aromatic N) is 4. The van der Waals surface area contributed by atoms with E-state index in [1.165, 1.54) is 31.3 Å². The normalized spacial score (nSPS) is 13.4. The molecule has 0 N–H and O–H groups in total. The van der Waals surface area contributed by atoms with Crippen LogP contribution in [0.2, 0.25) is 0 Å². The van der Waals surface area contributed by atoms with Gasteiger partial charge >= 0.3 is 18.3 Å². The molecule has 1 aromatic carbocycles. The number of rotatable bonds is 16. The Hall–Kier alpha value is -5.22. The lowest BCUT2D eigenvalue weighted by Crippen LogP contribution is -2.59. The summed E-state index contributed by atoms with van der Waals surface area (Å²) in [5.74, 6) is 0.156. The monoisotopic (exact) mass is 670 g/mol. The van der Waals surface area contributed by atoms with Crippen molar-refractivity contribution in [2.75, 3.05) is 60.0 Å². The van der Waals surface area contributed by atoms with E-state index >= 15 is 0 Å². The van der Waals surface area contributed by atoms with Gasteiger partial charge in [0.1, 0.15) is 35.8 Å².